The zero-order valence-corrected chi connectivity index (χ0v) is 12.4. The van der Waals surface area contributed by atoms with Gasteiger partial charge in [-0.3, -0.25) is 4.79 Å². The Morgan fingerprint density at radius 3 is 2.89 bits per heavy atom. The molecule has 0 atom stereocenters. The summed E-state index contributed by atoms with van der Waals surface area (Å²) < 4.78 is 2.23. The molecule has 19 heavy (non-hydrogen) atoms. The van der Waals surface area contributed by atoms with E-state index in [1.54, 1.807) is 23.0 Å². The van der Waals surface area contributed by atoms with Gasteiger partial charge >= 0.3 is 0 Å². The van der Waals surface area contributed by atoms with Crippen LogP contribution in [-0.2, 0) is 6.54 Å². The molecule has 0 aliphatic rings. The van der Waals surface area contributed by atoms with Crippen molar-refractivity contribution >= 4 is 21.7 Å². The van der Waals surface area contributed by atoms with E-state index in [4.69, 9.17) is 0 Å². The molecule has 0 spiro atoms. The average Bonchev–Trinajstić information content (AvgIpc) is 2.43. The molecule has 2 aromatic heterocycles. The van der Waals surface area contributed by atoms with Crippen LogP contribution in [-0.4, -0.2) is 16.1 Å². The van der Waals surface area contributed by atoms with Crippen molar-refractivity contribution in [3.8, 4) is 0 Å². The summed E-state index contributed by atoms with van der Waals surface area (Å²) >= 11 is 3.24. The standard InChI is InChI=1S/C14H16BrN3O/c1-2-7-16-13-6-5-11(9-17-13)10-18-8-3-4-12(15)14(18)19/h3-6,8-9H,2,7,10H2,1H3,(H,16,17). The van der Waals surface area contributed by atoms with Crippen molar-refractivity contribution in [1.82, 2.24) is 9.55 Å². The van der Waals surface area contributed by atoms with Crippen molar-refractivity contribution < 1.29 is 0 Å². The monoisotopic (exact) mass is 321 g/mol. The summed E-state index contributed by atoms with van der Waals surface area (Å²) in [5.41, 5.74) is 0.970. The van der Waals surface area contributed by atoms with Gasteiger partial charge in [-0.15, -0.1) is 0 Å². The fraction of sp³-hybridized carbons (Fsp3) is 0.286. The van der Waals surface area contributed by atoms with Gasteiger partial charge in [-0.1, -0.05) is 13.0 Å². The van der Waals surface area contributed by atoms with Crippen molar-refractivity contribution in [2.45, 2.75) is 19.9 Å². The number of hydrogen-bond donors (Lipinski definition) is 1. The quantitative estimate of drug-likeness (QED) is 0.921. The first-order valence-electron chi connectivity index (χ1n) is 6.24. The second-order valence-corrected chi connectivity index (χ2v) is 5.12. The smallest absolute Gasteiger partial charge is 0.265 e. The second kappa shape index (κ2) is 6.52. The lowest BCUT2D eigenvalue weighted by molar-refractivity contribution is 0.752. The van der Waals surface area contributed by atoms with Crippen LogP contribution in [0.25, 0.3) is 0 Å². The third kappa shape index (κ3) is 3.67. The summed E-state index contributed by atoms with van der Waals surface area (Å²) in [5.74, 6) is 0.868. The van der Waals surface area contributed by atoms with Crippen molar-refractivity contribution in [2.24, 2.45) is 0 Å². The summed E-state index contributed by atoms with van der Waals surface area (Å²) in [6.45, 7) is 3.55. The van der Waals surface area contributed by atoms with Crippen molar-refractivity contribution in [3.63, 3.8) is 0 Å². The molecule has 0 bridgehead atoms. The SMILES string of the molecule is CCCNc1ccc(Cn2cccc(Br)c2=O)cn1. The zero-order chi connectivity index (χ0) is 13.7. The molecular weight excluding hydrogens is 306 g/mol. The average molecular weight is 322 g/mol. The van der Waals surface area contributed by atoms with E-state index in [2.05, 4.69) is 33.2 Å². The molecule has 0 unspecified atom stereocenters. The van der Waals surface area contributed by atoms with Gasteiger partial charge in [0, 0.05) is 18.9 Å². The van der Waals surface area contributed by atoms with Gasteiger partial charge in [0.2, 0.25) is 0 Å². The molecule has 2 heterocycles. The zero-order valence-electron chi connectivity index (χ0n) is 10.8. The molecule has 2 rings (SSSR count). The Balaban J connectivity index is 2.11. The van der Waals surface area contributed by atoms with Gasteiger partial charge in [-0.2, -0.15) is 0 Å². The maximum atomic E-state index is 11.9. The Kier molecular flexibility index (Phi) is 4.74. The number of halogens is 1. The summed E-state index contributed by atoms with van der Waals surface area (Å²) in [5, 5.41) is 3.22. The van der Waals surface area contributed by atoms with Crippen molar-refractivity contribution in [1.29, 1.82) is 0 Å². The molecule has 0 radical (unpaired) electrons. The topological polar surface area (TPSA) is 46.9 Å². The predicted molar refractivity (Wildman–Crippen MR) is 80.5 cm³/mol. The van der Waals surface area contributed by atoms with E-state index >= 15 is 0 Å². The number of nitrogens with one attached hydrogen (secondary N) is 1. The molecule has 0 saturated carbocycles. The van der Waals surface area contributed by atoms with Crippen LogP contribution in [0.2, 0.25) is 0 Å². The van der Waals surface area contributed by atoms with E-state index in [-0.39, 0.29) is 5.56 Å². The normalized spacial score (nSPS) is 10.4. The van der Waals surface area contributed by atoms with Gasteiger partial charge in [0.1, 0.15) is 5.82 Å². The van der Waals surface area contributed by atoms with Crippen LogP contribution >= 0.6 is 15.9 Å². The molecule has 100 valence electrons. The Morgan fingerprint density at radius 2 is 2.21 bits per heavy atom. The summed E-state index contributed by atoms with van der Waals surface area (Å²) in [7, 11) is 0. The first kappa shape index (κ1) is 13.8. The van der Waals surface area contributed by atoms with Gasteiger partial charge in [-0.25, -0.2) is 4.98 Å². The molecule has 0 fully saturated rings. The predicted octanol–water partition coefficient (Wildman–Crippen LogP) is 2.88. The lowest BCUT2D eigenvalue weighted by Crippen LogP contribution is -2.20. The number of anilines is 1. The van der Waals surface area contributed by atoms with Gasteiger partial charge in [0.05, 0.1) is 11.0 Å². The number of aromatic nitrogens is 2. The molecule has 0 aromatic carbocycles. The van der Waals surface area contributed by atoms with E-state index < -0.39 is 0 Å². The molecule has 0 amide bonds. The molecule has 0 aliphatic heterocycles. The van der Waals surface area contributed by atoms with E-state index in [0.29, 0.717) is 11.0 Å². The molecule has 4 nitrogen and oxygen atoms in total. The minimum atomic E-state index is -0.0318. The Hall–Kier alpha value is -1.62. The third-order valence-corrected chi connectivity index (χ3v) is 3.31. The van der Waals surface area contributed by atoms with Crippen LogP contribution in [0.4, 0.5) is 5.82 Å². The summed E-state index contributed by atoms with van der Waals surface area (Å²) in [4.78, 5) is 16.2. The highest BCUT2D eigenvalue weighted by Crippen LogP contribution is 2.07. The van der Waals surface area contributed by atoms with Gasteiger partial charge < -0.3 is 9.88 Å². The number of nitrogens with zero attached hydrogens (tertiary/aromatic N) is 2. The highest BCUT2D eigenvalue weighted by molar-refractivity contribution is 9.10. The van der Waals surface area contributed by atoms with Gasteiger partial charge in [0.15, 0.2) is 0 Å². The lowest BCUT2D eigenvalue weighted by atomic mass is 10.2. The molecular formula is C14H16BrN3O. The summed E-state index contributed by atoms with van der Waals surface area (Å²) in [6, 6.07) is 7.51. The molecule has 5 heteroatoms. The van der Waals surface area contributed by atoms with Gasteiger partial charge in [-0.05, 0) is 46.1 Å². The minimum absolute atomic E-state index is 0.0318. The third-order valence-electron chi connectivity index (χ3n) is 2.71. The molecule has 2 aromatic rings. The number of pyridine rings is 2. The van der Waals surface area contributed by atoms with Crippen LogP contribution < -0.4 is 10.9 Å². The lowest BCUT2D eigenvalue weighted by Gasteiger charge is -2.07. The van der Waals surface area contributed by atoms with E-state index in [1.165, 1.54) is 0 Å². The van der Waals surface area contributed by atoms with Crippen LogP contribution in [0.15, 0.2) is 45.9 Å². The van der Waals surface area contributed by atoms with Crippen molar-refractivity contribution in [2.75, 3.05) is 11.9 Å². The Bertz CT molecular complexity index is 592. The van der Waals surface area contributed by atoms with E-state index in [0.717, 1.165) is 24.3 Å². The fourth-order valence-corrected chi connectivity index (χ4v) is 2.08. The molecule has 0 aliphatic carbocycles. The number of rotatable bonds is 5. The summed E-state index contributed by atoms with van der Waals surface area (Å²) in [6.07, 6.45) is 4.64. The highest BCUT2D eigenvalue weighted by atomic mass is 79.9. The maximum Gasteiger partial charge on any atom is 0.265 e. The van der Waals surface area contributed by atoms with Crippen LogP contribution in [0.5, 0.6) is 0 Å². The number of hydrogen-bond acceptors (Lipinski definition) is 3. The van der Waals surface area contributed by atoms with E-state index in [9.17, 15) is 4.79 Å². The minimum Gasteiger partial charge on any atom is -0.370 e. The first-order chi connectivity index (χ1) is 9.20. The van der Waals surface area contributed by atoms with E-state index in [1.807, 2.05) is 18.2 Å². The van der Waals surface area contributed by atoms with Crippen LogP contribution in [0.1, 0.15) is 18.9 Å². The van der Waals surface area contributed by atoms with Crippen molar-refractivity contribution in [3.05, 3.63) is 57.0 Å². The van der Waals surface area contributed by atoms with Crippen LogP contribution in [0, 0.1) is 0 Å². The Labute approximate surface area is 120 Å². The first-order valence-corrected chi connectivity index (χ1v) is 7.03. The maximum absolute atomic E-state index is 11.9. The largest absolute Gasteiger partial charge is 0.370 e. The van der Waals surface area contributed by atoms with Crippen LogP contribution in [0.3, 0.4) is 0 Å². The Morgan fingerprint density at radius 1 is 1.37 bits per heavy atom. The highest BCUT2D eigenvalue weighted by Gasteiger charge is 2.01. The second-order valence-electron chi connectivity index (χ2n) is 4.27. The molecule has 0 saturated heterocycles. The fourth-order valence-electron chi connectivity index (χ4n) is 1.70. The van der Waals surface area contributed by atoms with Gasteiger partial charge in [0.25, 0.3) is 5.56 Å². The molecule has 1 N–H and O–H groups in total.